The first-order valence-corrected chi connectivity index (χ1v) is 8.38. The Balaban J connectivity index is 1.65. The lowest BCUT2D eigenvalue weighted by molar-refractivity contribution is -0.130. The number of methoxy groups -OCH3 is 1. The van der Waals surface area contributed by atoms with Crippen molar-refractivity contribution >= 4 is 5.91 Å². The van der Waals surface area contributed by atoms with Crippen LogP contribution in [0, 0.1) is 5.92 Å². The van der Waals surface area contributed by atoms with Crippen molar-refractivity contribution in [2.24, 2.45) is 11.7 Å². The van der Waals surface area contributed by atoms with Gasteiger partial charge in [-0.1, -0.05) is 31.4 Å². The third-order valence-electron chi connectivity index (χ3n) is 5.21. The lowest BCUT2D eigenvalue weighted by Gasteiger charge is -2.31. The van der Waals surface area contributed by atoms with E-state index < -0.39 is 0 Å². The molecule has 3 rings (SSSR count). The fraction of sp³-hybridized carbons (Fsp3) is 0.611. The van der Waals surface area contributed by atoms with Crippen LogP contribution in [0.25, 0.3) is 0 Å². The molecular weight excluding hydrogens is 276 g/mol. The second-order valence-electron chi connectivity index (χ2n) is 6.60. The summed E-state index contributed by atoms with van der Waals surface area (Å²) in [4.78, 5) is 14.5. The summed E-state index contributed by atoms with van der Waals surface area (Å²) in [6.45, 7) is 0.816. The molecule has 0 radical (unpaired) electrons. The Morgan fingerprint density at radius 2 is 1.86 bits per heavy atom. The SMILES string of the molecule is COc1ccc(C(N)C2CC(=O)N(C3CCCCC3)C2)cc1. The van der Waals surface area contributed by atoms with Crippen LogP contribution in [0.15, 0.2) is 24.3 Å². The average Bonchev–Trinajstić information content (AvgIpc) is 2.97. The second kappa shape index (κ2) is 6.69. The van der Waals surface area contributed by atoms with Gasteiger partial charge in [-0.3, -0.25) is 4.79 Å². The van der Waals surface area contributed by atoms with E-state index in [1.54, 1.807) is 7.11 Å². The zero-order chi connectivity index (χ0) is 15.5. The maximum atomic E-state index is 12.4. The predicted octanol–water partition coefficient (Wildman–Crippen LogP) is 2.88. The number of hydrogen-bond donors (Lipinski definition) is 1. The van der Waals surface area contributed by atoms with Gasteiger partial charge in [-0.15, -0.1) is 0 Å². The van der Waals surface area contributed by atoms with E-state index in [-0.39, 0.29) is 12.0 Å². The molecule has 120 valence electrons. The summed E-state index contributed by atoms with van der Waals surface area (Å²) in [6.07, 6.45) is 6.73. The monoisotopic (exact) mass is 302 g/mol. The van der Waals surface area contributed by atoms with Gasteiger partial charge in [0.1, 0.15) is 5.75 Å². The number of ether oxygens (including phenoxy) is 1. The first-order valence-electron chi connectivity index (χ1n) is 8.38. The van der Waals surface area contributed by atoms with E-state index in [4.69, 9.17) is 10.5 Å². The minimum atomic E-state index is -0.0801. The third kappa shape index (κ3) is 3.12. The lowest BCUT2D eigenvalue weighted by Crippen LogP contribution is -2.38. The van der Waals surface area contributed by atoms with Crippen LogP contribution in [0.3, 0.4) is 0 Å². The summed E-state index contributed by atoms with van der Waals surface area (Å²) in [5.74, 6) is 1.35. The van der Waals surface area contributed by atoms with Crippen molar-refractivity contribution < 1.29 is 9.53 Å². The van der Waals surface area contributed by atoms with Crippen molar-refractivity contribution in [2.45, 2.75) is 50.6 Å². The van der Waals surface area contributed by atoms with Gasteiger partial charge in [-0.05, 0) is 30.5 Å². The number of benzene rings is 1. The second-order valence-corrected chi connectivity index (χ2v) is 6.60. The van der Waals surface area contributed by atoms with Crippen LogP contribution in [-0.2, 0) is 4.79 Å². The summed E-state index contributed by atoms with van der Waals surface area (Å²) < 4.78 is 5.18. The van der Waals surface area contributed by atoms with Crippen LogP contribution in [0.1, 0.15) is 50.1 Å². The van der Waals surface area contributed by atoms with Gasteiger partial charge in [0.2, 0.25) is 5.91 Å². The zero-order valence-electron chi connectivity index (χ0n) is 13.3. The molecule has 22 heavy (non-hydrogen) atoms. The van der Waals surface area contributed by atoms with Crippen molar-refractivity contribution in [1.29, 1.82) is 0 Å². The van der Waals surface area contributed by atoms with Crippen molar-refractivity contribution in [3.05, 3.63) is 29.8 Å². The Morgan fingerprint density at radius 1 is 1.18 bits per heavy atom. The molecule has 1 heterocycles. The number of nitrogens with two attached hydrogens (primary N) is 1. The van der Waals surface area contributed by atoms with Crippen molar-refractivity contribution in [1.82, 2.24) is 4.90 Å². The number of amides is 1. The normalized spacial score (nSPS) is 24.5. The van der Waals surface area contributed by atoms with Gasteiger partial charge >= 0.3 is 0 Å². The van der Waals surface area contributed by atoms with Gasteiger partial charge in [0.15, 0.2) is 0 Å². The standard InChI is InChI=1S/C18H26N2O2/c1-22-16-9-7-13(8-10-16)18(19)14-11-17(21)20(12-14)15-5-3-2-4-6-15/h7-10,14-15,18H,2-6,11-12,19H2,1H3. The predicted molar refractivity (Wildman–Crippen MR) is 86.6 cm³/mol. The topological polar surface area (TPSA) is 55.6 Å². The van der Waals surface area contributed by atoms with Gasteiger partial charge in [-0.2, -0.15) is 0 Å². The number of likely N-dealkylation sites (tertiary alicyclic amines) is 1. The van der Waals surface area contributed by atoms with Crippen LogP contribution in [0.5, 0.6) is 5.75 Å². The molecule has 1 aliphatic carbocycles. The van der Waals surface area contributed by atoms with Crippen LogP contribution >= 0.6 is 0 Å². The smallest absolute Gasteiger partial charge is 0.223 e. The number of carbonyl (C=O) groups excluding carboxylic acids is 1. The molecule has 1 saturated heterocycles. The van der Waals surface area contributed by atoms with Gasteiger partial charge < -0.3 is 15.4 Å². The molecule has 2 aliphatic rings. The molecule has 2 unspecified atom stereocenters. The van der Waals surface area contributed by atoms with Crippen LogP contribution < -0.4 is 10.5 Å². The van der Waals surface area contributed by atoms with Gasteiger partial charge in [0, 0.05) is 31.0 Å². The van der Waals surface area contributed by atoms with Gasteiger partial charge in [0.25, 0.3) is 0 Å². The van der Waals surface area contributed by atoms with Gasteiger partial charge in [0.05, 0.1) is 7.11 Å². The molecule has 0 aromatic heterocycles. The largest absolute Gasteiger partial charge is 0.497 e. The highest BCUT2D eigenvalue weighted by molar-refractivity contribution is 5.79. The highest BCUT2D eigenvalue weighted by Gasteiger charge is 2.37. The molecule has 1 aromatic carbocycles. The molecule has 1 saturated carbocycles. The molecule has 1 amide bonds. The van der Waals surface area contributed by atoms with E-state index in [0.29, 0.717) is 18.4 Å². The maximum Gasteiger partial charge on any atom is 0.223 e. The van der Waals surface area contributed by atoms with Crippen molar-refractivity contribution in [3.63, 3.8) is 0 Å². The van der Waals surface area contributed by atoms with E-state index in [2.05, 4.69) is 4.90 Å². The summed E-state index contributed by atoms with van der Waals surface area (Å²) >= 11 is 0. The number of nitrogens with zero attached hydrogens (tertiary/aromatic N) is 1. The molecule has 2 atom stereocenters. The maximum absolute atomic E-state index is 12.4. The van der Waals surface area contributed by atoms with E-state index in [1.807, 2.05) is 24.3 Å². The first kappa shape index (κ1) is 15.3. The average molecular weight is 302 g/mol. The lowest BCUT2D eigenvalue weighted by atomic mass is 9.92. The minimum Gasteiger partial charge on any atom is -0.497 e. The zero-order valence-corrected chi connectivity index (χ0v) is 13.3. The van der Waals surface area contributed by atoms with Crippen molar-refractivity contribution in [3.8, 4) is 5.75 Å². The Bertz CT molecular complexity index is 508. The highest BCUT2D eigenvalue weighted by Crippen LogP contribution is 2.34. The fourth-order valence-electron chi connectivity index (χ4n) is 3.84. The Morgan fingerprint density at radius 3 is 2.50 bits per heavy atom. The van der Waals surface area contributed by atoms with Crippen LogP contribution in [-0.4, -0.2) is 30.5 Å². The third-order valence-corrected chi connectivity index (χ3v) is 5.21. The number of carbonyl (C=O) groups is 1. The van der Waals surface area contributed by atoms with E-state index >= 15 is 0 Å². The fourth-order valence-corrected chi connectivity index (χ4v) is 3.84. The Hall–Kier alpha value is -1.55. The molecule has 1 aromatic rings. The summed E-state index contributed by atoms with van der Waals surface area (Å²) in [5.41, 5.74) is 7.51. The summed E-state index contributed by atoms with van der Waals surface area (Å²) in [7, 11) is 1.66. The van der Waals surface area contributed by atoms with Crippen LogP contribution in [0.4, 0.5) is 0 Å². The molecule has 4 heteroatoms. The van der Waals surface area contributed by atoms with Crippen LogP contribution in [0.2, 0.25) is 0 Å². The Labute approximate surface area is 132 Å². The quantitative estimate of drug-likeness (QED) is 0.930. The molecular formula is C18H26N2O2. The van der Waals surface area contributed by atoms with E-state index in [9.17, 15) is 4.79 Å². The molecule has 2 fully saturated rings. The van der Waals surface area contributed by atoms with Crippen molar-refractivity contribution in [2.75, 3.05) is 13.7 Å². The highest BCUT2D eigenvalue weighted by atomic mass is 16.5. The first-order chi connectivity index (χ1) is 10.7. The Kier molecular flexibility index (Phi) is 4.67. The molecule has 1 aliphatic heterocycles. The molecule has 0 bridgehead atoms. The molecule has 4 nitrogen and oxygen atoms in total. The number of hydrogen-bond acceptors (Lipinski definition) is 3. The minimum absolute atomic E-state index is 0.0801. The molecule has 0 spiro atoms. The van der Waals surface area contributed by atoms with E-state index in [1.165, 1.54) is 19.3 Å². The summed E-state index contributed by atoms with van der Waals surface area (Å²) in [6, 6.07) is 8.27. The van der Waals surface area contributed by atoms with Gasteiger partial charge in [-0.25, -0.2) is 0 Å². The van der Waals surface area contributed by atoms with E-state index in [0.717, 1.165) is 30.7 Å². The summed E-state index contributed by atoms with van der Waals surface area (Å²) in [5, 5.41) is 0. The number of rotatable bonds is 4. The molecule has 2 N–H and O–H groups in total.